The second kappa shape index (κ2) is 9.67. The van der Waals surface area contributed by atoms with E-state index < -0.39 is 20.6 Å². The minimum absolute atomic E-state index is 0.0795. The summed E-state index contributed by atoms with van der Waals surface area (Å²) >= 11 is 0. The number of pyridine rings is 1. The number of aromatic nitrogens is 1. The number of nitrogens with one attached hydrogen (secondary N) is 1. The van der Waals surface area contributed by atoms with Crippen molar-refractivity contribution in [1.82, 2.24) is 4.98 Å². The fourth-order valence-electron chi connectivity index (χ4n) is 3.56. The first-order chi connectivity index (χ1) is 14.3. The Bertz CT molecular complexity index is 892. The normalized spacial score (nSPS) is 18.3. The highest BCUT2D eigenvalue weighted by Gasteiger charge is 2.38. The fourth-order valence-corrected chi connectivity index (χ4v) is 4.58. The number of amides is 2. The minimum Gasteiger partial charge on any atom is -0.415 e. The van der Waals surface area contributed by atoms with Gasteiger partial charge in [0.1, 0.15) is 5.69 Å². The molecule has 1 aromatic carbocycles. The summed E-state index contributed by atoms with van der Waals surface area (Å²) in [5.41, 5.74) is 1.38. The molecule has 2 N–H and O–H groups in total. The van der Waals surface area contributed by atoms with Crippen LogP contribution in [0.5, 0.6) is 5.88 Å². The average Bonchev–Trinajstić information content (AvgIpc) is 2.65. The Morgan fingerprint density at radius 2 is 2.00 bits per heavy atom. The van der Waals surface area contributed by atoms with Gasteiger partial charge in [-0.05, 0) is 62.5 Å². The number of hydrogen-bond acceptors (Lipinski definition) is 4. The Labute approximate surface area is 176 Å². The Balaban J connectivity index is 1.93. The summed E-state index contributed by atoms with van der Waals surface area (Å²) in [4.78, 5) is 19.0. The second-order valence-corrected chi connectivity index (χ2v) is 9.81. The molecule has 6 nitrogen and oxygen atoms in total. The summed E-state index contributed by atoms with van der Waals surface area (Å²) in [6.45, 7) is 2.91. The van der Waals surface area contributed by atoms with E-state index in [0.29, 0.717) is 18.5 Å². The van der Waals surface area contributed by atoms with Crippen LogP contribution < -0.4 is 20.3 Å². The van der Waals surface area contributed by atoms with Crippen LogP contribution in [0.3, 0.4) is 0 Å². The number of halogens is 2. The topological polar surface area (TPSA) is 74.7 Å². The molecule has 30 heavy (non-hydrogen) atoms. The lowest BCUT2D eigenvalue weighted by Gasteiger charge is -2.43. The number of aliphatic hydroxyl groups excluding tert-OH is 1. The Kier molecular flexibility index (Phi) is 7.21. The molecule has 0 radical (unpaired) electrons. The Hall–Kier alpha value is -2.31. The van der Waals surface area contributed by atoms with E-state index in [1.165, 1.54) is 6.07 Å². The third-order valence-corrected chi connectivity index (χ3v) is 6.46. The lowest BCUT2D eigenvalue weighted by molar-refractivity contribution is -0.0523. The molecule has 0 spiro atoms. The number of anilines is 2. The van der Waals surface area contributed by atoms with Crippen molar-refractivity contribution in [1.29, 1.82) is 0 Å². The maximum absolute atomic E-state index is 13.3. The zero-order chi connectivity index (χ0) is 21.8. The van der Waals surface area contributed by atoms with Crippen molar-refractivity contribution in [3.63, 3.8) is 0 Å². The van der Waals surface area contributed by atoms with Crippen LogP contribution in [0.4, 0.5) is 25.0 Å². The SMILES string of the molecule is Cc1ccc(NC(=O)N(c2ccccc2P(C)C)C2CC(CO)C2)c(OC(F)F)n1. The number of ether oxygens (including phenoxy) is 1. The van der Waals surface area contributed by atoms with Gasteiger partial charge >= 0.3 is 12.6 Å². The molecule has 1 aliphatic carbocycles. The van der Waals surface area contributed by atoms with Crippen molar-refractivity contribution in [3.8, 4) is 5.88 Å². The molecule has 0 atom stereocenters. The quantitative estimate of drug-likeness (QED) is 0.638. The number of aliphatic hydroxyl groups is 1. The van der Waals surface area contributed by atoms with Gasteiger partial charge in [-0.1, -0.05) is 26.1 Å². The van der Waals surface area contributed by atoms with E-state index in [4.69, 9.17) is 0 Å². The molecule has 1 aromatic heterocycles. The van der Waals surface area contributed by atoms with Crippen molar-refractivity contribution >= 4 is 30.6 Å². The number of hydrogen-bond donors (Lipinski definition) is 2. The monoisotopic (exact) mass is 437 g/mol. The van der Waals surface area contributed by atoms with Gasteiger partial charge in [-0.3, -0.25) is 4.90 Å². The van der Waals surface area contributed by atoms with E-state index in [1.54, 1.807) is 17.9 Å². The van der Waals surface area contributed by atoms with Crippen LogP contribution in [0.15, 0.2) is 36.4 Å². The highest BCUT2D eigenvalue weighted by atomic mass is 31.1. The van der Waals surface area contributed by atoms with Crippen molar-refractivity contribution in [2.75, 3.05) is 30.2 Å². The van der Waals surface area contributed by atoms with E-state index in [9.17, 15) is 18.7 Å². The molecule has 162 valence electrons. The molecule has 1 heterocycles. The number of carbonyl (C=O) groups is 1. The molecule has 0 bridgehead atoms. The first-order valence-corrected chi connectivity index (χ1v) is 11.9. The third-order valence-electron chi connectivity index (χ3n) is 5.12. The van der Waals surface area contributed by atoms with Gasteiger partial charge in [-0.2, -0.15) is 8.78 Å². The van der Waals surface area contributed by atoms with Crippen molar-refractivity contribution in [2.24, 2.45) is 5.92 Å². The number of aryl methyl sites for hydroxylation is 1. The number of nitrogens with zero attached hydrogens (tertiary/aromatic N) is 2. The van der Waals surface area contributed by atoms with Gasteiger partial charge in [0.05, 0.1) is 5.69 Å². The Morgan fingerprint density at radius 3 is 2.63 bits per heavy atom. The largest absolute Gasteiger partial charge is 0.415 e. The molecule has 0 saturated heterocycles. The van der Waals surface area contributed by atoms with E-state index in [-0.39, 0.29) is 30.1 Å². The summed E-state index contributed by atoms with van der Waals surface area (Å²) in [5.74, 6) is -0.164. The molecule has 1 aliphatic rings. The van der Waals surface area contributed by atoms with Crippen LogP contribution >= 0.6 is 7.92 Å². The summed E-state index contributed by atoms with van der Waals surface area (Å²) in [7, 11) is -0.483. The average molecular weight is 437 g/mol. The molecule has 2 amide bonds. The minimum atomic E-state index is -3.05. The molecule has 0 aliphatic heterocycles. The molecule has 0 unspecified atom stereocenters. The summed E-state index contributed by atoms with van der Waals surface area (Å²) in [5, 5.41) is 13.2. The Morgan fingerprint density at radius 1 is 1.30 bits per heavy atom. The highest BCUT2D eigenvalue weighted by Crippen LogP contribution is 2.38. The van der Waals surface area contributed by atoms with Gasteiger partial charge in [0, 0.05) is 18.3 Å². The third kappa shape index (κ3) is 5.05. The van der Waals surface area contributed by atoms with Gasteiger partial charge in [-0.25, -0.2) is 9.78 Å². The van der Waals surface area contributed by atoms with Crippen LogP contribution in [0, 0.1) is 12.8 Å². The van der Waals surface area contributed by atoms with Gasteiger partial charge in [-0.15, -0.1) is 0 Å². The van der Waals surface area contributed by atoms with Crippen LogP contribution in [0.25, 0.3) is 0 Å². The summed E-state index contributed by atoms with van der Waals surface area (Å²) in [6.07, 6.45) is 1.35. The number of rotatable bonds is 7. The van der Waals surface area contributed by atoms with Gasteiger partial charge in [0.15, 0.2) is 0 Å². The lowest BCUT2D eigenvalue weighted by Crippen LogP contribution is -2.51. The molecule has 2 aromatic rings. The lowest BCUT2D eigenvalue weighted by atomic mass is 9.79. The van der Waals surface area contributed by atoms with Crippen LogP contribution in [0.1, 0.15) is 18.5 Å². The van der Waals surface area contributed by atoms with Crippen LogP contribution in [-0.2, 0) is 0 Å². The smallest absolute Gasteiger partial charge is 0.388 e. The van der Waals surface area contributed by atoms with Gasteiger partial charge in [0.2, 0.25) is 5.88 Å². The molecule has 9 heteroatoms. The molecule has 3 rings (SSSR count). The van der Waals surface area contributed by atoms with Crippen LogP contribution in [0.2, 0.25) is 0 Å². The standard InChI is InChI=1S/C21H26F2N3O3P/c1-13-8-9-16(19(24-13)29-20(22)23)25-21(28)26(15-10-14(11-15)12-27)17-6-4-5-7-18(17)30(2)3/h4-9,14-15,20,27H,10-12H2,1-3H3,(H,25,28). The maximum atomic E-state index is 13.3. The number of carbonyl (C=O) groups excluding carboxylic acids is 1. The van der Waals surface area contributed by atoms with E-state index >= 15 is 0 Å². The number of alkyl halides is 2. The van der Waals surface area contributed by atoms with E-state index in [1.807, 2.05) is 24.3 Å². The predicted molar refractivity (Wildman–Crippen MR) is 116 cm³/mol. The van der Waals surface area contributed by atoms with Crippen molar-refractivity contribution in [2.45, 2.75) is 32.4 Å². The second-order valence-electron chi connectivity index (χ2n) is 7.54. The van der Waals surface area contributed by atoms with Crippen LogP contribution in [-0.4, -0.2) is 48.7 Å². The number of urea groups is 1. The summed E-state index contributed by atoms with van der Waals surface area (Å²) < 4.78 is 30.1. The maximum Gasteiger partial charge on any atom is 0.388 e. The molecule has 1 saturated carbocycles. The van der Waals surface area contributed by atoms with Crippen molar-refractivity contribution in [3.05, 3.63) is 42.1 Å². The first kappa shape index (κ1) is 22.4. The fraction of sp³-hybridized carbons (Fsp3) is 0.429. The zero-order valence-corrected chi connectivity index (χ0v) is 18.1. The van der Waals surface area contributed by atoms with Gasteiger partial charge < -0.3 is 15.2 Å². The number of para-hydroxylation sites is 1. The zero-order valence-electron chi connectivity index (χ0n) is 17.2. The molecular weight excluding hydrogens is 411 g/mol. The molecule has 1 fully saturated rings. The van der Waals surface area contributed by atoms with E-state index in [2.05, 4.69) is 28.4 Å². The molecular formula is C21H26F2N3O3P. The van der Waals surface area contributed by atoms with Crippen molar-refractivity contribution < 1.29 is 23.4 Å². The van der Waals surface area contributed by atoms with Gasteiger partial charge in [0.25, 0.3) is 0 Å². The highest BCUT2D eigenvalue weighted by molar-refractivity contribution is 7.64. The predicted octanol–water partition coefficient (Wildman–Crippen LogP) is 4.17. The summed E-state index contributed by atoms with van der Waals surface area (Å²) in [6, 6.07) is 10.3. The number of benzene rings is 1. The first-order valence-electron chi connectivity index (χ1n) is 9.70. The van der Waals surface area contributed by atoms with E-state index in [0.717, 1.165) is 11.0 Å².